The Labute approximate surface area is 123 Å². The summed E-state index contributed by atoms with van der Waals surface area (Å²) in [6, 6.07) is 16.0. The fourth-order valence-corrected chi connectivity index (χ4v) is 2.41. The molecule has 0 spiro atoms. The molecule has 0 atom stereocenters. The maximum absolute atomic E-state index is 6.06. The normalized spacial score (nSPS) is 10.6. The standard InChI is InChI=1S/C17H17N3O/c1-11-7-9-12(10-8-11)15-16(19-20-17(15)18)13-5-3-4-6-14(13)21-2/h3-10H,1-2H3,(H3,18,19,20). The molecule has 3 rings (SSSR count). The average molecular weight is 279 g/mol. The second kappa shape index (κ2) is 5.32. The number of hydrogen-bond donors (Lipinski definition) is 2. The minimum atomic E-state index is 0.486. The average Bonchev–Trinajstić information content (AvgIpc) is 2.90. The number of nitrogens with two attached hydrogens (primary N) is 1. The molecular formula is C17H17N3O. The number of para-hydroxylation sites is 1. The summed E-state index contributed by atoms with van der Waals surface area (Å²) >= 11 is 0. The van der Waals surface area contributed by atoms with Crippen molar-refractivity contribution in [3.05, 3.63) is 54.1 Å². The molecule has 2 aromatic carbocycles. The molecule has 0 saturated carbocycles. The fraction of sp³-hybridized carbons (Fsp3) is 0.118. The lowest BCUT2D eigenvalue weighted by Gasteiger charge is -2.09. The van der Waals surface area contributed by atoms with Gasteiger partial charge in [0.1, 0.15) is 5.75 Å². The Morgan fingerprint density at radius 1 is 1.05 bits per heavy atom. The first-order valence-electron chi connectivity index (χ1n) is 6.75. The number of hydrogen-bond acceptors (Lipinski definition) is 3. The number of aromatic amines is 1. The molecule has 1 aromatic heterocycles. The van der Waals surface area contributed by atoms with E-state index in [9.17, 15) is 0 Å². The lowest BCUT2D eigenvalue weighted by Crippen LogP contribution is -1.91. The molecule has 0 aliphatic heterocycles. The predicted molar refractivity (Wildman–Crippen MR) is 85.2 cm³/mol. The monoisotopic (exact) mass is 279 g/mol. The third-order valence-electron chi connectivity index (χ3n) is 3.51. The van der Waals surface area contributed by atoms with Gasteiger partial charge in [0.25, 0.3) is 0 Å². The quantitative estimate of drug-likeness (QED) is 0.769. The van der Waals surface area contributed by atoms with E-state index in [-0.39, 0.29) is 0 Å². The minimum absolute atomic E-state index is 0.486. The molecule has 1 heterocycles. The van der Waals surface area contributed by atoms with Crippen molar-refractivity contribution in [2.45, 2.75) is 6.92 Å². The van der Waals surface area contributed by atoms with Crippen LogP contribution >= 0.6 is 0 Å². The molecular weight excluding hydrogens is 262 g/mol. The molecule has 0 amide bonds. The number of anilines is 1. The summed E-state index contributed by atoms with van der Waals surface area (Å²) in [5, 5.41) is 7.19. The second-order valence-corrected chi connectivity index (χ2v) is 4.93. The number of nitrogens with one attached hydrogen (secondary N) is 1. The predicted octanol–water partition coefficient (Wildman–Crippen LogP) is 3.64. The first-order valence-corrected chi connectivity index (χ1v) is 6.75. The Morgan fingerprint density at radius 3 is 2.48 bits per heavy atom. The summed E-state index contributed by atoms with van der Waals surface area (Å²) < 4.78 is 5.43. The van der Waals surface area contributed by atoms with E-state index < -0.39 is 0 Å². The van der Waals surface area contributed by atoms with Gasteiger partial charge in [-0.15, -0.1) is 0 Å². The van der Waals surface area contributed by atoms with E-state index in [4.69, 9.17) is 10.5 Å². The zero-order valence-corrected chi connectivity index (χ0v) is 12.1. The van der Waals surface area contributed by atoms with Crippen molar-refractivity contribution in [3.63, 3.8) is 0 Å². The number of ether oxygens (including phenoxy) is 1. The van der Waals surface area contributed by atoms with Crippen LogP contribution in [0.2, 0.25) is 0 Å². The lowest BCUT2D eigenvalue weighted by molar-refractivity contribution is 0.416. The second-order valence-electron chi connectivity index (χ2n) is 4.93. The van der Waals surface area contributed by atoms with E-state index >= 15 is 0 Å². The Morgan fingerprint density at radius 2 is 1.76 bits per heavy atom. The summed E-state index contributed by atoms with van der Waals surface area (Å²) in [5.74, 6) is 1.27. The number of aromatic nitrogens is 2. The number of rotatable bonds is 3. The first-order chi connectivity index (χ1) is 10.2. The molecule has 21 heavy (non-hydrogen) atoms. The van der Waals surface area contributed by atoms with E-state index in [1.54, 1.807) is 7.11 Å². The van der Waals surface area contributed by atoms with E-state index in [0.29, 0.717) is 5.82 Å². The maximum atomic E-state index is 6.06. The highest BCUT2D eigenvalue weighted by atomic mass is 16.5. The Hall–Kier alpha value is -2.75. The van der Waals surface area contributed by atoms with Crippen molar-refractivity contribution in [2.75, 3.05) is 12.8 Å². The Bertz CT molecular complexity index is 760. The minimum Gasteiger partial charge on any atom is -0.496 e. The number of aryl methyl sites for hydroxylation is 1. The molecule has 4 nitrogen and oxygen atoms in total. The third-order valence-corrected chi connectivity index (χ3v) is 3.51. The summed E-state index contributed by atoms with van der Waals surface area (Å²) in [4.78, 5) is 0. The fourth-order valence-electron chi connectivity index (χ4n) is 2.41. The topological polar surface area (TPSA) is 63.9 Å². The van der Waals surface area contributed by atoms with Crippen molar-refractivity contribution < 1.29 is 4.74 Å². The van der Waals surface area contributed by atoms with E-state index in [0.717, 1.165) is 28.1 Å². The van der Waals surface area contributed by atoms with Crippen molar-refractivity contribution in [3.8, 4) is 28.1 Å². The van der Waals surface area contributed by atoms with Crippen LogP contribution in [-0.4, -0.2) is 17.3 Å². The number of methoxy groups -OCH3 is 1. The van der Waals surface area contributed by atoms with Crippen LogP contribution < -0.4 is 10.5 Å². The zero-order valence-electron chi connectivity index (χ0n) is 12.1. The molecule has 3 aromatic rings. The highest BCUT2D eigenvalue weighted by Gasteiger charge is 2.17. The van der Waals surface area contributed by atoms with Gasteiger partial charge in [-0.25, -0.2) is 0 Å². The van der Waals surface area contributed by atoms with E-state index in [1.165, 1.54) is 5.56 Å². The molecule has 0 saturated heterocycles. The van der Waals surface area contributed by atoms with Crippen LogP contribution in [0.15, 0.2) is 48.5 Å². The zero-order chi connectivity index (χ0) is 14.8. The number of H-pyrrole nitrogens is 1. The maximum Gasteiger partial charge on any atom is 0.153 e. The van der Waals surface area contributed by atoms with Crippen molar-refractivity contribution in [2.24, 2.45) is 0 Å². The van der Waals surface area contributed by atoms with Crippen LogP contribution in [0.25, 0.3) is 22.4 Å². The van der Waals surface area contributed by atoms with Gasteiger partial charge in [-0.1, -0.05) is 42.0 Å². The molecule has 0 aliphatic rings. The molecule has 106 valence electrons. The largest absolute Gasteiger partial charge is 0.496 e. The van der Waals surface area contributed by atoms with Crippen LogP contribution in [0.5, 0.6) is 5.75 Å². The van der Waals surface area contributed by atoms with Gasteiger partial charge in [0.05, 0.1) is 18.4 Å². The molecule has 0 fully saturated rings. The Balaban J connectivity index is 2.19. The lowest BCUT2D eigenvalue weighted by atomic mass is 9.99. The number of nitrogens with zero attached hydrogens (tertiary/aromatic N) is 1. The SMILES string of the molecule is COc1ccccc1-c1[nH]nc(N)c1-c1ccc(C)cc1. The van der Waals surface area contributed by atoms with Crippen LogP contribution in [0.4, 0.5) is 5.82 Å². The van der Waals surface area contributed by atoms with Gasteiger partial charge in [-0.05, 0) is 24.6 Å². The molecule has 0 bridgehead atoms. The summed E-state index contributed by atoms with van der Waals surface area (Å²) in [7, 11) is 1.66. The van der Waals surface area contributed by atoms with Gasteiger partial charge in [0.15, 0.2) is 5.82 Å². The van der Waals surface area contributed by atoms with Crippen LogP contribution in [-0.2, 0) is 0 Å². The van der Waals surface area contributed by atoms with Crippen LogP contribution in [0.1, 0.15) is 5.56 Å². The van der Waals surface area contributed by atoms with Gasteiger partial charge >= 0.3 is 0 Å². The van der Waals surface area contributed by atoms with Crippen molar-refractivity contribution in [1.82, 2.24) is 10.2 Å². The molecule has 0 radical (unpaired) electrons. The van der Waals surface area contributed by atoms with E-state index in [2.05, 4.69) is 41.4 Å². The van der Waals surface area contributed by atoms with Crippen molar-refractivity contribution in [1.29, 1.82) is 0 Å². The number of nitrogen functional groups attached to an aromatic ring is 1. The molecule has 4 heteroatoms. The van der Waals surface area contributed by atoms with Gasteiger partial charge in [-0.3, -0.25) is 5.10 Å². The van der Waals surface area contributed by atoms with Crippen molar-refractivity contribution >= 4 is 5.82 Å². The van der Waals surface area contributed by atoms with Crippen LogP contribution in [0, 0.1) is 6.92 Å². The molecule has 0 unspecified atom stereocenters. The summed E-state index contributed by atoms with van der Waals surface area (Å²) in [5.41, 5.74) is 11.0. The highest BCUT2D eigenvalue weighted by molar-refractivity contribution is 5.89. The number of benzene rings is 2. The molecule has 3 N–H and O–H groups in total. The van der Waals surface area contributed by atoms with E-state index in [1.807, 2.05) is 24.3 Å². The third kappa shape index (κ3) is 2.36. The molecule has 0 aliphatic carbocycles. The van der Waals surface area contributed by atoms with Gasteiger partial charge in [0.2, 0.25) is 0 Å². The first kappa shape index (κ1) is 13.2. The van der Waals surface area contributed by atoms with Gasteiger partial charge in [0, 0.05) is 5.56 Å². The highest BCUT2D eigenvalue weighted by Crippen LogP contribution is 2.38. The van der Waals surface area contributed by atoms with Gasteiger partial charge in [-0.2, -0.15) is 5.10 Å². The van der Waals surface area contributed by atoms with Crippen LogP contribution in [0.3, 0.4) is 0 Å². The summed E-state index contributed by atoms with van der Waals surface area (Å²) in [6.45, 7) is 2.06. The van der Waals surface area contributed by atoms with Gasteiger partial charge < -0.3 is 10.5 Å². The Kier molecular flexibility index (Phi) is 3.36. The smallest absolute Gasteiger partial charge is 0.153 e. The summed E-state index contributed by atoms with van der Waals surface area (Å²) in [6.07, 6.45) is 0.